The van der Waals surface area contributed by atoms with E-state index >= 15 is 0 Å². The minimum absolute atomic E-state index is 0.0378. The minimum Gasteiger partial charge on any atom is -0.494 e. The summed E-state index contributed by atoms with van der Waals surface area (Å²) in [6, 6.07) is 8.01. The second-order valence-corrected chi connectivity index (χ2v) is 9.25. The van der Waals surface area contributed by atoms with Gasteiger partial charge in [0, 0.05) is 6.04 Å². The lowest BCUT2D eigenvalue weighted by molar-refractivity contribution is -0.124. The van der Waals surface area contributed by atoms with E-state index in [9.17, 15) is 4.79 Å². The van der Waals surface area contributed by atoms with Gasteiger partial charge in [0.2, 0.25) is 5.13 Å². The van der Waals surface area contributed by atoms with Gasteiger partial charge in [-0.05, 0) is 62.2 Å². The molecule has 2 heterocycles. The number of hydrogen-bond donors (Lipinski definition) is 0. The van der Waals surface area contributed by atoms with Crippen LogP contribution in [0.5, 0.6) is 5.75 Å². The summed E-state index contributed by atoms with van der Waals surface area (Å²) in [4.78, 5) is 20.6. The molecule has 1 aliphatic heterocycles. The number of thioether (sulfide) groups is 1. The van der Waals surface area contributed by atoms with E-state index in [2.05, 4.69) is 15.2 Å². The highest BCUT2D eigenvalue weighted by atomic mass is 32.2. The molecule has 1 saturated heterocycles. The Morgan fingerprint density at radius 2 is 1.97 bits per heavy atom. The summed E-state index contributed by atoms with van der Waals surface area (Å²) in [7, 11) is 0. The average molecular weight is 429 g/mol. The number of hydrogen-bond acceptors (Lipinski definition) is 7. The number of carbonyl (C=O) groups is 1. The fourth-order valence-electron chi connectivity index (χ4n) is 3.62. The molecule has 1 aromatic carbocycles. The van der Waals surface area contributed by atoms with Crippen LogP contribution in [0.1, 0.15) is 49.6 Å². The molecule has 0 radical (unpaired) electrons. The molecule has 2 fully saturated rings. The quantitative estimate of drug-likeness (QED) is 0.614. The molecule has 0 bridgehead atoms. The van der Waals surface area contributed by atoms with Gasteiger partial charge in [0.1, 0.15) is 10.8 Å². The lowest BCUT2D eigenvalue weighted by Gasteiger charge is -2.30. The molecule has 0 atom stereocenters. The predicted molar refractivity (Wildman–Crippen MR) is 119 cm³/mol. The smallest absolute Gasteiger partial charge is 0.267 e. The first-order valence-electron chi connectivity index (χ1n) is 9.99. The van der Waals surface area contributed by atoms with Crippen LogP contribution in [0.15, 0.2) is 34.2 Å². The Labute approximate surface area is 179 Å². The van der Waals surface area contributed by atoms with Crippen molar-refractivity contribution in [2.45, 2.75) is 52.0 Å². The highest BCUT2D eigenvalue weighted by Gasteiger charge is 2.38. The molecular weight excluding hydrogens is 404 g/mol. The Morgan fingerprint density at radius 3 is 2.62 bits per heavy atom. The lowest BCUT2D eigenvalue weighted by atomic mass is 9.94. The largest absolute Gasteiger partial charge is 0.494 e. The fourth-order valence-corrected chi connectivity index (χ4v) is 5.27. The Hall–Kier alpha value is -2.19. The van der Waals surface area contributed by atoms with Gasteiger partial charge in [-0.25, -0.2) is 0 Å². The van der Waals surface area contributed by atoms with Crippen molar-refractivity contribution in [2.75, 3.05) is 6.61 Å². The molecule has 0 N–H and O–H groups in total. The number of rotatable bonds is 5. The zero-order chi connectivity index (χ0) is 20.2. The number of carbonyl (C=O) groups excluding carboxylic acids is 1. The van der Waals surface area contributed by atoms with E-state index in [-0.39, 0.29) is 11.9 Å². The molecule has 1 aromatic heterocycles. The molecule has 0 spiro atoms. The van der Waals surface area contributed by atoms with Crippen LogP contribution in [-0.4, -0.2) is 38.8 Å². The highest BCUT2D eigenvalue weighted by Crippen LogP contribution is 2.38. The number of amidine groups is 1. The summed E-state index contributed by atoms with van der Waals surface area (Å²) in [5, 5.41) is 10.3. The van der Waals surface area contributed by atoms with Crippen LogP contribution in [0.25, 0.3) is 6.08 Å². The van der Waals surface area contributed by atoms with E-state index in [1.807, 2.05) is 49.1 Å². The molecule has 0 unspecified atom stereocenters. The Kier molecular flexibility index (Phi) is 6.30. The third kappa shape index (κ3) is 4.70. The van der Waals surface area contributed by atoms with Crippen LogP contribution in [-0.2, 0) is 4.79 Å². The maximum Gasteiger partial charge on any atom is 0.267 e. The van der Waals surface area contributed by atoms with E-state index in [0.29, 0.717) is 16.6 Å². The molecular formula is C21H24N4O2S2. The predicted octanol–water partition coefficient (Wildman–Crippen LogP) is 5.18. The van der Waals surface area contributed by atoms with Crippen LogP contribution in [0, 0.1) is 6.92 Å². The fraction of sp³-hybridized carbons (Fsp3) is 0.429. The maximum absolute atomic E-state index is 13.3. The number of ether oxygens (including phenoxy) is 1. The molecule has 2 aliphatic rings. The summed E-state index contributed by atoms with van der Waals surface area (Å²) >= 11 is 2.87. The van der Waals surface area contributed by atoms with E-state index in [1.165, 1.54) is 29.5 Å². The van der Waals surface area contributed by atoms with Crippen molar-refractivity contribution in [1.29, 1.82) is 0 Å². The number of aliphatic imine (C=N–C) groups is 1. The third-order valence-electron chi connectivity index (χ3n) is 4.97. The van der Waals surface area contributed by atoms with Gasteiger partial charge in [0.25, 0.3) is 5.91 Å². The topological polar surface area (TPSA) is 67.7 Å². The van der Waals surface area contributed by atoms with Gasteiger partial charge in [-0.2, -0.15) is 4.99 Å². The molecule has 6 nitrogen and oxygen atoms in total. The van der Waals surface area contributed by atoms with Crippen LogP contribution in [0.2, 0.25) is 0 Å². The first kappa shape index (κ1) is 20.1. The van der Waals surface area contributed by atoms with Crippen LogP contribution in [0.3, 0.4) is 0 Å². The number of benzene rings is 1. The SMILES string of the molecule is CCOc1ccc(/C=C2\S/C(=N/c3nnc(C)s3)N(C3CCCCC3)C2=O)cc1. The molecule has 1 saturated carbocycles. The Bertz CT molecular complexity index is 930. The van der Waals surface area contributed by atoms with Crippen molar-refractivity contribution in [3.8, 4) is 5.75 Å². The monoisotopic (exact) mass is 428 g/mol. The van der Waals surface area contributed by atoms with Gasteiger partial charge in [0.15, 0.2) is 5.17 Å². The van der Waals surface area contributed by atoms with E-state index < -0.39 is 0 Å². The second-order valence-electron chi connectivity index (χ2n) is 7.08. The standard InChI is InChI=1S/C21H24N4O2S2/c1-3-27-17-11-9-15(10-12-17)13-18-19(26)25(16-7-5-4-6-8-16)21(29-18)22-20-24-23-14(2)28-20/h9-13,16H,3-8H2,1-2H3/b18-13-,22-21+. The van der Waals surface area contributed by atoms with E-state index in [0.717, 1.165) is 47.2 Å². The van der Waals surface area contributed by atoms with Gasteiger partial charge in [0.05, 0.1) is 11.5 Å². The van der Waals surface area contributed by atoms with Crippen molar-refractivity contribution >= 4 is 45.4 Å². The molecule has 152 valence electrons. The van der Waals surface area contributed by atoms with Crippen molar-refractivity contribution < 1.29 is 9.53 Å². The number of amides is 1. The first-order chi connectivity index (χ1) is 14.1. The number of nitrogens with zero attached hydrogens (tertiary/aromatic N) is 4. The number of aryl methyl sites for hydroxylation is 1. The van der Waals surface area contributed by atoms with Crippen LogP contribution >= 0.6 is 23.1 Å². The second kappa shape index (κ2) is 9.09. The first-order valence-corrected chi connectivity index (χ1v) is 11.6. The zero-order valence-corrected chi connectivity index (χ0v) is 18.3. The lowest BCUT2D eigenvalue weighted by Crippen LogP contribution is -2.40. The van der Waals surface area contributed by atoms with Crippen molar-refractivity contribution in [1.82, 2.24) is 15.1 Å². The summed E-state index contributed by atoms with van der Waals surface area (Å²) < 4.78 is 5.50. The van der Waals surface area contributed by atoms with E-state index in [1.54, 1.807) is 0 Å². The van der Waals surface area contributed by atoms with E-state index in [4.69, 9.17) is 4.74 Å². The summed E-state index contributed by atoms with van der Waals surface area (Å²) in [6.07, 6.45) is 7.53. The molecule has 2 aromatic rings. The summed E-state index contributed by atoms with van der Waals surface area (Å²) in [5.41, 5.74) is 0.973. The zero-order valence-electron chi connectivity index (χ0n) is 16.6. The molecule has 1 aliphatic carbocycles. The molecule has 4 rings (SSSR count). The average Bonchev–Trinajstić information content (AvgIpc) is 3.27. The van der Waals surface area contributed by atoms with Gasteiger partial charge in [-0.1, -0.05) is 42.7 Å². The van der Waals surface area contributed by atoms with Gasteiger partial charge >= 0.3 is 0 Å². The third-order valence-corrected chi connectivity index (χ3v) is 6.69. The Balaban J connectivity index is 1.63. The normalized spacial score (nSPS) is 20.8. The summed E-state index contributed by atoms with van der Waals surface area (Å²) in [5.74, 6) is 0.869. The number of aromatic nitrogens is 2. The van der Waals surface area contributed by atoms with Crippen molar-refractivity contribution in [2.24, 2.45) is 4.99 Å². The molecule has 8 heteroatoms. The van der Waals surface area contributed by atoms with Crippen LogP contribution in [0.4, 0.5) is 5.13 Å². The molecule has 29 heavy (non-hydrogen) atoms. The summed E-state index contributed by atoms with van der Waals surface area (Å²) in [6.45, 7) is 4.50. The van der Waals surface area contributed by atoms with Crippen molar-refractivity contribution in [3.63, 3.8) is 0 Å². The van der Waals surface area contributed by atoms with Gasteiger partial charge in [-0.15, -0.1) is 10.2 Å². The maximum atomic E-state index is 13.3. The van der Waals surface area contributed by atoms with Crippen LogP contribution < -0.4 is 4.74 Å². The highest BCUT2D eigenvalue weighted by molar-refractivity contribution is 8.18. The molecule has 1 amide bonds. The van der Waals surface area contributed by atoms with Gasteiger partial charge in [-0.3, -0.25) is 9.69 Å². The minimum atomic E-state index is 0.0378. The van der Waals surface area contributed by atoms with Gasteiger partial charge < -0.3 is 4.74 Å². The Morgan fingerprint density at radius 1 is 1.21 bits per heavy atom. The van der Waals surface area contributed by atoms with Crippen molar-refractivity contribution in [3.05, 3.63) is 39.7 Å².